The maximum absolute atomic E-state index is 14.5. The highest BCUT2D eigenvalue weighted by Crippen LogP contribution is 2.44. The second kappa shape index (κ2) is 5.87. The van der Waals surface area contributed by atoms with Crippen molar-refractivity contribution in [2.45, 2.75) is 33.1 Å². The zero-order chi connectivity index (χ0) is 16.4. The minimum absolute atomic E-state index is 0.186. The molecule has 1 rings (SSSR count). The Labute approximate surface area is 122 Å². The van der Waals surface area contributed by atoms with Gasteiger partial charge >= 0.3 is 5.97 Å². The lowest BCUT2D eigenvalue weighted by atomic mass is 9.83. The van der Waals surface area contributed by atoms with Gasteiger partial charge in [-0.3, -0.25) is 4.79 Å². The van der Waals surface area contributed by atoms with Gasteiger partial charge in [0.05, 0.1) is 19.6 Å². The molecule has 0 amide bonds. The molecule has 0 bridgehead atoms. The second-order valence-electron chi connectivity index (χ2n) is 5.59. The predicted octanol–water partition coefficient (Wildman–Crippen LogP) is 3.60. The lowest BCUT2D eigenvalue weighted by molar-refractivity contribution is -0.153. The normalized spacial score (nSPS) is 12.1. The van der Waals surface area contributed by atoms with Crippen LogP contribution in [-0.4, -0.2) is 25.3 Å². The zero-order valence-corrected chi connectivity index (χ0v) is 12.8. The number of aliphatic carboxylic acids is 1. The van der Waals surface area contributed by atoms with Crippen LogP contribution in [0.5, 0.6) is 11.5 Å². The largest absolute Gasteiger partial charge is 0.493 e. The summed E-state index contributed by atoms with van der Waals surface area (Å²) in [6.07, 6.45) is -0.800. The minimum atomic E-state index is -3.29. The Balaban J connectivity index is 3.28. The van der Waals surface area contributed by atoms with Crippen molar-refractivity contribution in [3.05, 3.63) is 23.3 Å². The Morgan fingerprint density at radius 2 is 1.67 bits per heavy atom. The van der Waals surface area contributed by atoms with E-state index in [-0.39, 0.29) is 11.3 Å². The average molecular weight is 302 g/mol. The van der Waals surface area contributed by atoms with Gasteiger partial charge in [-0.05, 0) is 38.5 Å². The van der Waals surface area contributed by atoms with Gasteiger partial charge in [-0.15, -0.1) is 0 Å². The molecule has 0 heterocycles. The van der Waals surface area contributed by atoms with Crippen molar-refractivity contribution in [3.8, 4) is 11.5 Å². The van der Waals surface area contributed by atoms with Crippen molar-refractivity contribution < 1.29 is 28.2 Å². The molecule has 1 aromatic carbocycles. The van der Waals surface area contributed by atoms with E-state index in [1.165, 1.54) is 47.1 Å². The fourth-order valence-corrected chi connectivity index (χ4v) is 2.10. The molecule has 0 fully saturated rings. The molecule has 0 aromatic heterocycles. The molecule has 0 aliphatic rings. The summed E-state index contributed by atoms with van der Waals surface area (Å²) >= 11 is 0. The maximum atomic E-state index is 14.5. The van der Waals surface area contributed by atoms with E-state index in [4.69, 9.17) is 14.6 Å². The third-order valence-corrected chi connectivity index (χ3v) is 3.37. The quantitative estimate of drug-likeness (QED) is 0.872. The van der Waals surface area contributed by atoms with Gasteiger partial charge in [-0.1, -0.05) is 0 Å². The van der Waals surface area contributed by atoms with Crippen LogP contribution in [0.25, 0.3) is 0 Å². The molecule has 1 aromatic rings. The van der Waals surface area contributed by atoms with E-state index in [0.717, 1.165) is 0 Å². The first-order valence-electron chi connectivity index (χ1n) is 6.39. The number of methoxy groups -OCH3 is 2. The predicted molar refractivity (Wildman–Crippen MR) is 74.2 cm³/mol. The summed E-state index contributed by atoms with van der Waals surface area (Å²) in [5, 5.41) is 9.03. The van der Waals surface area contributed by atoms with E-state index in [1.807, 2.05) is 0 Å². The van der Waals surface area contributed by atoms with Crippen LogP contribution in [-0.2, 0) is 10.7 Å². The zero-order valence-electron chi connectivity index (χ0n) is 12.8. The van der Waals surface area contributed by atoms with E-state index in [2.05, 4.69) is 0 Å². The summed E-state index contributed by atoms with van der Waals surface area (Å²) in [4.78, 5) is 11.1. The first-order valence-corrected chi connectivity index (χ1v) is 6.39. The Bertz CT molecular complexity index is 539. The van der Waals surface area contributed by atoms with Crippen LogP contribution in [0.4, 0.5) is 8.78 Å². The molecule has 0 atom stereocenters. The second-order valence-corrected chi connectivity index (χ2v) is 5.59. The van der Waals surface area contributed by atoms with E-state index < -0.39 is 23.7 Å². The molecule has 0 spiro atoms. The van der Waals surface area contributed by atoms with Gasteiger partial charge in [-0.2, -0.15) is 0 Å². The summed E-state index contributed by atoms with van der Waals surface area (Å²) in [5.41, 5.74) is -1.48. The van der Waals surface area contributed by atoms with Gasteiger partial charge < -0.3 is 14.6 Å². The number of carbonyl (C=O) groups is 1. The van der Waals surface area contributed by atoms with Crippen LogP contribution in [0, 0.1) is 12.3 Å². The van der Waals surface area contributed by atoms with E-state index in [1.54, 1.807) is 0 Å². The molecule has 0 aliphatic carbocycles. The van der Waals surface area contributed by atoms with Crippen LogP contribution in [0.2, 0.25) is 0 Å². The van der Waals surface area contributed by atoms with Crippen molar-refractivity contribution in [2.24, 2.45) is 5.41 Å². The summed E-state index contributed by atoms with van der Waals surface area (Å²) in [5.74, 6) is -4.01. The van der Waals surface area contributed by atoms with E-state index in [9.17, 15) is 13.6 Å². The lowest BCUT2D eigenvalue weighted by Gasteiger charge is -2.27. The number of carboxylic acids is 1. The molecule has 0 unspecified atom stereocenters. The maximum Gasteiger partial charge on any atom is 0.309 e. The number of benzene rings is 1. The molecule has 0 saturated carbocycles. The summed E-state index contributed by atoms with van der Waals surface area (Å²) in [6, 6.07) is 2.65. The highest BCUT2D eigenvalue weighted by atomic mass is 19.3. The SMILES string of the molecule is COc1cc(C)c(C(F)(F)CC(C)(C)C(=O)O)cc1OC. The molecule has 21 heavy (non-hydrogen) atoms. The Hall–Kier alpha value is -1.85. The van der Waals surface area contributed by atoms with Crippen molar-refractivity contribution in [1.82, 2.24) is 0 Å². The Morgan fingerprint density at radius 1 is 1.19 bits per heavy atom. The monoisotopic (exact) mass is 302 g/mol. The topological polar surface area (TPSA) is 55.8 Å². The van der Waals surface area contributed by atoms with Crippen molar-refractivity contribution in [2.75, 3.05) is 14.2 Å². The van der Waals surface area contributed by atoms with Crippen LogP contribution in [0.1, 0.15) is 31.4 Å². The van der Waals surface area contributed by atoms with Crippen LogP contribution in [0.3, 0.4) is 0 Å². The molecular weight excluding hydrogens is 282 g/mol. The fourth-order valence-electron chi connectivity index (χ4n) is 2.10. The number of rotatable bonds is 6. The third-order valence-electron chi connectivity index (χ3n) is 3.37. The number of carboxylic acid groups (broad SMARTS) is 1. The van der Waals surface area contributed by atoms with Gasteiger partial charge in [0.25, 0.3) is 5.92 Å². The van der Waals surface area contributed by atoms with Gasteiger partial charge in [0.2, 0.25) is 0 Å². The van der Waals surface area contributed by atoms with Gasteiger partial charge in [-0.25, -0.2) is 8.78 Å². The highest BCUT2D eigenvalue weighted by molar-refractivity contribution is 5.73. The molecular formula is C15H20F2O4. The highest BCUT2D eigenvalue weighted by Gasteiger charge is 2.43. The Kier molecular flexibility index (Phi) is 4.81. The first kappa shape index (κ1) is 17.2. The smallest absolute Gasteiger partial charge is 0.309 e. The number of hydrogen-bond acceptors (Lipinski definition) is 3. The van der Waals surface area contributed by atoms with Gasteiger partial charge in [0.15, 0.2) is 11.5 Å². The molecule has 4 nitrogen and oxygen atoms in total. The first-order chi connectivity index (χ1) is 9.55. The molecule has 0 saturated heterocycles. The molecule has 1 N–H and O–H groups in total. The fraction of sp³-hybridized carbons (Fsp3) is 0.533. The molecule has 0 radical (unpaired) electrons. The summed E-state index contributed by atoms with van der Waals surface area (Å²) in [6.45, 7) is 4.08. The average Bonchev–Trinajstić information content (AvgIpc) is 2.36. The minimum Gasteiger partial charge on any atom is -0.493 e. The van der Waals surface area contributed by atoms with Crippen LogP contribution in [0.15, 0.2) is 12.1 Å². The number of ether oxygens (including phenoxy) is 2. The summed E-state index contributed by atoms with van der Waals surface area (Å²) < 4.78 is 39.0. The third kappa shape index (κ3) is 3.62. The molecule has 118 valence electrons. The van der Waals surface area contributed by atoms with Gasteiger partial charge in [0, 0.05) is 12.0 Å². The lowest BCUT2D eigenvalue weighted by Crippen LogP contribution is -2.31. The standard InChI is InChI=1S/C15H20F2O4/c1-9-6-11(20-4)12(21-5)7-10(9)15(16,17)8-14(2,3)13(18)19/h6-7H,8H2,1-5H3,(H,18,19). The molecule has 0 aliphatic heterocycles. The van der Waals surface area contributed by atoms with Crippen LogP contribution < -0.4 is 9.47 Å². The van der Waals surface area contributed by atoms with Crippen molar-refractivity contribution >= 4 is 5.97 Å². The van der Waals surface area contributed by atoms with Crippen molar-refractivity contribution in [3.63, 3.8) is 0 Å². The van der Waals surface area contributed by atoms with Crippen LogP contribution >= 0.6 is 0 Å². The molecule has 6 heteroatoms. The number of aryl methyl sites for hydroxylation is 1. The van der Waals surface area contributed by atoms with E-state index >= 15 is 0 Å². The Morgan fingerprint density at radius 3 is 2.10 bits per heavy atom. The van der Waals surface area contributed by atoms with Crippen molar-refractivity contribution in [1.29, 1.82) is 0 Å². The summed E-state index contributed by atoms with van der Waals surface area (Å²) in [7, 11) is 2.78. The van der Waals surface area contributed by atoms with E-state index in [0.29, 0.717) is 11.3 Å². The number of alkyl halides is 2. The van der Waals surface area contributed by atoms with Gasteiger partial charge in [0.1, 0.15) is 0 Å². The number of hydrogen-bond donors (Lipinski definition) is 1. The number of halogens is 2.